The van der Waals surface area contributed by atoms with Crippen LogP contribution in [0.5, 0.6) is 0 Å². The number of halogens is 3. The second-order valence-electron chi connectivity index (χ2n) is 7.19. The van der Waals surface area contributed by atoms with Crippen LogP contribution in [0.3, 0.4) is 0 Å². The Labute approximate surface area is 166 Å². The number of amides is 2. The van der Waals surface area contributed by atoms with Gasteiger partial charge in [-0.3, -0.25) is 9.59 Å². The van der Waals surface area contributed by atoms with Crippen molar-refractivity contribution < 1.29 is 22.8 Å². The second-order valence-corrected chi connectivity index (χ2v) is 7.19. The SMILES string of the molecule is C=C1c2ccccc2C(=O)N1CCC(=O)N1CCCc2cc(C(F)(F)F)ccc21. The van der Waals surface area contributed by atoms with Gasteiger partial charge < -0.3 is 9.80 Å². The van der Waals surface area contributed by atoms with Gasteiger partial charge in [0.25, 0.3) is 5.91 Å². The number of benzene rings is 2. The van der Waals surface area contributed by atoms with Crippen molar-refractivity contribution in [3.63, 3.8) is 0 Å². The lowest BCUT2D eigenvalue weighted by Gasteiger charge is -2.30. The van der Waals surface area contributed by atoms with Gasteiger partial charge in [-0.05, 0) is 42.7 Å². The third-order valence-electron chi connectivity index (χ3n) is 5.42. The summed E-state index contributed by atoms with van der Waals surface area (Å²) >= 11 is 0. The number of aryl methyl sites for hydroxylation is 1. The van der Waals surface area contributed by atoms with Crippen molar-refractivity contribution in [3.05, 3.63) is 71.3 Å². The van der Waals surface area contributed by atoms with Crippen LogP contribution in [0.4, 0.5) is 18.9 Å². The highest BCUT2D eigenvalue weighted by molar-refractivity contribution is 6.09. The summed E-state index contributed by atoms with van der Waals surface area (Å²) in [4.78, 5) is 28.4. The van der Waals surface area contributed by atoms with Gasteiger partial charge in [0.2, 0.25) is 5.91 Å². The molecule has 2 heterocycles. The Morgan fingerprint density at radius 1 is 1.10 bits per heavy atom. The zero-order valence-electron chi connectivity index (χ0n) is 15.6. The number of carbonyl (C=O) groups excluding carboxylic acids is 2. The Kier molecular flexibility index (Phi) is 4.68. The maximum atomic E-state index is 13.0. The molecule has 0 N–H and O–H groups in total. The van der Waals surface area contributed by atoms with Gasteiger partial charge >= 0.3 is 6.18 Å². The highest BCUT2D eigenvalue weighted by atomic mass is 19.4. The first-order valence-electron chi connectivity index (χ1n) is 9.38. The number of hydrogen-bond acceptors (Lipinski definition) is 2. The molecule has 0 bridgehead atoms. The van der Waals surface area contributed by atoms with E-state index in [4.69, 9.17) is 0 Å². The molecule has 0 radical (unpaired) electrons. The number of fused-ring (bicyclic) bond motifs is 2. The van der Waals surface area contributed by atoms with Crippen LogP contribution in [0.2, 0.25) is 0 Å². The molecule has 7 heteroatoms. The van der Waals surface area contributed by atoms with Crippen molar-refractivity contribution in [2.45, 2.75) is 25.4 Å². The van der Waals surface area contributed by atoms with Crippen LogP contribution in [-0.2, 0) is 17.4 Å². The molecule has 0 fully saturated rings. The lowest BCUT2D eigenvalue weighted by atomic mass is 9.98. The number of anilines is 1. The normalized spacial score (nSPS) is 16.1. The summed E-state index contributed by atoms with van der Waals surface area (Å²) in [6.45, 7) is 4.59. The fraction of sp³-hybridized carbons (Fsp3) is 0.273. The summed E-state index contributed by atoms with van der Waals surface area (Å²) in [5, 5.41) is 0. The Hall–Kier alpha value is -3.09. The molecule has 0 spiro atoms. The first-order valence-corrected chi connectivity index (χ1v) is 9.38. The minimum Gasteiger partial charge on any atom is -0.312 e. The molecule has 2 aromatic carbocycles. The number of hydrogen-bond donors (Lipinski definition) is 0. The standard InChI is InChI=1S/C22H19F3N2O2/c1-14-17-6-2-3-7-18(17)21(29)26(14)12-10-20(28)27-11-4-5-15-13-16(22(23,24)25)8-9-19(15)27/h2-3,6-9,13H,1,4-5,10-12H2. The number of rotatable bonds is 3. The molecular weight excluding hydrogens is 381 g/mol. The third-order valence-corrected chi connectivity index (χ3v) is 5.42. The zero-order chi connectivity index (χ0) is 20.8. The van der Waals surface area contributed by atoms with E-state index in [-0.39, 0.29) is 24.8 Å². The Morgan fingerprint density at radius 3 is 2.52 bits per heavy atom. The minimum absolute atomic E-state index is 0.0687. The average Bonchev–Trinajstić information content (AvgIpc) is 2.95. The van der Waals surface area contributed by atoms with Crippen LogP contribution in [-0.4, -0.2) is 29.8 Å². The van der Waals surface area contributed by atoms with Crippen molar-refractivity contribution in [3.8, 4) is 0 Å². The molecule has 29 heavy (non-hydrogen) atoms. The first-order chi connectivity index (χ1) is 13.8. The van der Waals surface area contributed by atoms with Crippen LogP contribution >= 0.6 is 0 Å². The fourth-order valence-corrected chi connectivity index (χ4v) is 3.95. The molecule has 4 rings (SSSR count). The van der Waals surface area contributed by atoms with Gasteiger partial charge in [-0.2, -0.15) is 13.2 Å². The number of carbonyl (C=O) groups is 2. The predicted octanol–water partition coefficient (Wildman–Crippen LogP) is 4.50. The summed E-state index contributed by atoms with van der Waals surface area (Å²) in [5.74, 6) is -0.408. The van der Waals surface area contributed by atoms with E-state index in [9.17, 15) is 22.8 Å². The van der Waals surface area contributed by atoms with Gasteiger partial charge in [0.15, 0.2) is 0 Å². The maximum Gasteiger partial charge on any atom is 0.416 e. The lowest BCUT2D eigenvalue weighted by molar-refractivity contribution is -0.137. The largest absolute Gasteiger partial charge is 0.416 e. The quantitative estimate of drug-likeness (QED) is 0.761. The van der Waals surface area contributed by atoms with Crippen molar-refractivity contribution >= 4 is 23.2 Å². The number of alkyl halides is 3. The van der Waals surface area contributed by atoms with Gasteiger partial charge in [-0.15, -0.1) is 0 Å². The van der Waals surface area contributed by atoms with Crippen molar-refractivity contribution in [2.75, 3.05) is 18.0 Å². The van der Waals surface area contributed by atoms with Gasteiger partial charge in [-0.25, -0.2) is 0 Å². The van der Waals surface area contributed by atoms with Crippen LogP contribution in [0.1, 0.15) is 39.9 Å². The molecule has 2 aliphatic heterocycles. The predicted molar refractivity (Wildman–Crippen MR) is 103 cm³/mol. The summed E-state index contributed by atoms with van der Waals surface area (Å²) in [7, 11) is 0. The van der Waals surface area contributed by atoms with Crippen LogP contribution in [0, 0.1) is 0 Å². The van der Waals surface area contributed by atoms with E-state index in [0.29, 0.717) is 41.9 Å². The minimum atomic E-state index is -4.41. The summed E-state index contributed by atoms with van der Waals surface area (Å²) in [5.41, 5.74) is 2.22. The van der Waals surface area contributed by atoms with Crippen LogP contribution in [0.15, 0.2) is 49.0 Å². The van der Waals surface area contributed by atoms with Crippen molar-refractivity contribution in [1.29, 1.82) is 0 Å². The molecule has 0 aliphatic carbocycles. The van der Waals surface area contributed by atoms with Crippen molar-refractivity contribution in [2.24, 2.45) is 0 Å². The zero-order valence-corrected chi connectivity index (χ0v) is 15.6. The van der Waals surface area contributed by atoms with E-state index in [1.54, 1.807) is 12.1 Å². The first kappa shape index (κ1) is 19.2. The van der Waals surface area contributed by atoms with E-state index >= 15 is 0 Å². The molecule has 2 aliphatic rings. The van der Waals surface area contributed by atoms with E-state index in [1.807, 2.05) is 12.1 Å². The molecule has 150 valence electrons. The van der Waals surface area contributed by atoms with Crippen molar-refractivity contribution in [1.82, 2.24) is 4.90 Å². The molecule has 0 atom stereocenters. The molecule has 4 nitrogen and oxygen atoms in total. The smallest absolute Gasteiger partial charge is 0.312 e. The van der Waals surface area contributed by atoms with Gasteiger partial charge in [0, 0.05) is 42.0 Å². The van der Waals surface area contributed by atoms with Gasteiger partial charge in [-0.1, -0.05) is 24.8 Å². The van der Waals surface area contributed by atoms with Crippen LogP contribution in [0.25, 0.3) is 5.70 Å². The van der Waals surface area contributed by atoms with E-state index in [0.717, 1.165) is 17.7 Å². The summed E-state index contributed by atoms with van der Waals surface area (Å²) in [6, 6.07) is 10.6. The van der Waals surface area contributed by atoms with Gasteiger partial charge in [0.1, 0.15) is 0 Å². The maximum absolute atomic E-state index is 13.0. The Bertz CT molecular complexity index is 978. The highest BCUT2D eigenvalue weighted by Gasteiger charge is 2.34. The second kappa shape index (κ2) is 7.06. The topological polar surface area (TPSA) is 40.6 Å². The third kappa shape index (κ3) is 3.41. The summed E-state index contributed by atoms with van der Waals surface area (Å²) < 4.78 is 38.9. The van der Waals surface area contributed by atoms with Crippen LogP contribution < -0.4 is 4.90 Å². The molecule has 0 aromatic heterocycles. The number of nitrogens with zero attached hydrogens (tertiary/aromatic N) is 2. The highest BCUT2D eigenvalue weighted by Crippen LogP contribution is 2.36. The fourth-order valence-electron chi connectivity index (χ4n) is 3.95. The van der Waals surface area contributed by atoms with E-state index < -0.39 is 11.7 Å². The molecule has 0 saturated carbocycles. The Balaban J connectivity index is 1.48. The molecule has 0 saturated heterocycles. The average molecular weight is 400 g/mol. The summed E-state index contributed by atoms with van der Waals surface area (Å²) in [6.07, 6.45) is -3.24. The Morgan fingerprint density at radius 2 is 1.83 bits per heavy atom. The van der Waals surface area contributed by atoms with E-state index in [1.165, 1.54) is 15.9 Å². The molecular formula is C22H19F3N2O2. The molecule has 0 unspecified atom stereocenters. The van der Waals surface area contributed by atoms with Gasteiger partial charge in [0.05, 0.1) is 5.56 Å². The molecule has 2 aromatic rings. The molecule has 2 amide bonds. The lowest BCUT2D eigenvalue weighted by Crippen LogP contribution is -2.37. The van der Waals surface area contributed by atoms with E-state index in [2.05, 4.69) is 6.58 Å². The monoisotopic (exact) mass is 400 g/mol.